The average Bonchev–Trinajstić information content (AvgIpc) is 2.71. The first-order valence-corrected chi connectivity index (χ1v) is 5.89. The maximum absolute atomic E-state index is 11.7. The van der Waals surface area contributed by atoms with E-state index in [0.717, 1.165) is 10.9 Å². The van der Waals surface area contributed by atoms with Crippen LogP contribution in [0.1, 0.15) is 18.5 Å². The number of nitro groups is 1. The van der Waals surface area contributed by atoms with Crippen LogP contribution in [0.3, 0.4) is 0 Å². The summed E-state index contributed by atoms with van der Waals surface area (Å²) in [5.74, 6) is -0.831. The maximum atomic E-state index is 11.7. The highest BCUT2D eigenvalue weighted by Crippen LogP contribution is 2.24. The van der Waals surface area contributed by atoms with E-state index in [1.165, 1.54) is 0 Å². The second-order valence-electron chi connectivity index (χ2n) is 4.18. The zero-order valence-corrected chi connectivity index (χ0v) is 10.7. The first kappa shape index (κ1) is 13.1. The molecule has 0 spiro atoms. The molecule has 2 aromatic rings. The van der Waals surface area contributed by atoms with E-state index < -0.39 is 16.9 Å². The van der Waals surface area contributed by atoms with Crippen molar-refractivity contribution in [2.24, 2.45) is 7.05 Å². The fraction of sp³-hybridized carbons (Fsp3) is 0.308. The van der Waals surface area contributed by atoms with Crippen molar-refractivity contribution in [3.8, 4) is 0 Å². The van der Waals surface area contributed by atoms with Crippen LogP contribution in [0.25, 0.3) is 10.9 Å². The Morgan fingerprint density at radius 3 is 2.84 bits per heavy atom. The van der Waals surface area contributed by atoms with Gasteiger partial charge in [0.2, 0.25) is 0 Å². The Morgan fingerprint density at radius 2 is 2.21 bits per heavy atom. The number of fused-ring (bicyclic) bond motifs is 1. The van der Waals surface area contributed by atoms with Gasteiger partial charge >= 0.3 is 12.0 Å². The molecule has 1 heterocycles. The van der Waals surface area contributed by atoms with Crippen LogP contribution in [0.2, 0.25) is 0 Å². The van der Waals surface area contributed by atoms with Gasteiger partial charge in [0.1, 0.15) is 0 Å². The Morgan fingerprint density at radius 1 is 1.47 bits per heavy atom. The minimum absolute atomic E-state index is 0.122. The van der Waals surface area contributed by atoms with Gasteiger partial charge in [0.25, 0.3) is 0 Å². The van der Waals surface area contributed by atoms with Gasteiger partial charge in [-0.15, -0.1) is 0 Å². The summed E-state index contributed by atoms with van der Waals surface area (Å²) >= 11 is 0. The topological polar surface area (TPSA) is 74.4 Å². The van der Waals surface area contributed by atoms with E-state index in [-0.39, 0.29) is 6.61 Å². The lowest BCUT2D eigenvalue weighted by Crippen LogP contribution is -2.23. The summed E-state index contributed by atoms with van der Waals surface area (Å²) in [6, 6.07) is 5.39. The molecule has 1 atom stereocenters. The molecule has 1 aromatic carbocycles. The minimum atomic E-state index is -1.47. The molecule has 0 saturated carbocycles. The van der Waals surface area contributed by atoms with Crippen LogP contribution in [-0.2, 0) is 16.6 Å². The summed E-state index contributed by atoms with van der Waals surface area (Å²) in [4.78, 5) is 22.1. The molecule has 0 aliphatic heterocycles. The Balaban J connectivity index is 2.44. The van der Waals surface area contributed by atoms with Crippen LogP contribution in [0.5, 0.6) is 0 Å². The SMILES string of the molecule is CCOC(=O)C(c1ccc2c(ccn2C)c1)[N+](=O)[O-]. The Labute approximate surface area is 109 Å². The molecule has 0 fully saturated rings. The first-order chi connectivity index (χ1) is 9.04. The van der Waals surface area contributed by atoms with Gasteiger partial charge < -0.3 is 9.30 Å². The van der Waals surface area contributed by atoms with Gasteiger partial charge in [0.15, 0.2) is 0 Å². The standard InChI is InChI=1S/C13H14N2O4/c1-3-19-13(16)12(15(17)18)10-4-5-11-9(8-10)6-7-14(11)2/h4-8,12H,3H2,1-2H3. The Hall–Kier alpha value is -2.37. The molecule has 0 aliphatic carbocycles. The van der Waals surface area contributed by atoms with Crippen LogP contribution in [0, 0.1) is 10.1 Å². The van der Waals surface area contributed by atoms with Gasteiger partial charge in [-0.25, -0.2) is 4.79 Å². The van der Waals surface area contributed by atoms with Gasteiger partial charge in [0, 0.05) is 34.6 Å². The second kappa shape index (κ2) is 5.09. The summed E-state index contributed by atoms with van der Waals surface area (Å²) < 4.78 is 6.66. The molecule has 0 aliphatic rings. The van der Waals surface area contributed by atoms with Crippen LogP contribution < -0.4 is 0 Å². The molecule has 0 saturated heterocycles. The number of aromatic nitrogens is 1. The normalized spacial score (nSPS) is 12.3. The molecule has 1 unspecified atom stereocenters. The molecule has 1 aromatic heterocycles. The summed E-state index contributed by atoms with van der Waals surface area (Å²) in [7, 11) is 1.89. The lowest BCUT2D eigenvalue weighted by Gasteiger charge is -2.09. The van der Waals surface area contributed by atoms with Crippen LogP contribution in [0.4, 0.5) is 0 Å². The van der Waals surface area contributed by atoms with E-state index in [2.05, 4.69) is 0 Å². The first-order valence-electron chi connectivity index (χ1n) is 5.89. The van der Waals surface area contributed by atoms with E-state index in [1.54, 1.807) is 25.1 Å². The summed E-state index contributed by atoms with van der Waals surface area (Å²) in [6.07, 6.45) is 1.86. The van der Waals surface area contributed by atoms with Crippen LogP contribution >= 0.6 is 0 Å². The van der Waals surface area contributed by atoms with E-state index in [4.69, 9.17) is 4.74 Å². The van der Waals surface area contributed by atoms with Gasteiger partial charge in [-0.2, -0.15) is 0 Å². The quantitative estimate of drug-likeness (QED) is 0.480. The monoisotopic (exact) mass is 262 g/mol. The summed E-state index contributed by atoms with van der Waals surface area (Å²) in [6.45, 7) is 1.74. The lowest BCUT2D eigenvalue weighted by atomic mass is 10.1. The van der Waals surface area contributed by atoms with Crippen molar-refractivity contribution < 1.29 is 14.5 Å². The number of hydrogen-bond acceptors (Lipinski definition) is 4. The fourth-order valence-corrected chi connectivity index (χ4v) is 2.04. The predicted molar refractivity (Wildman–Crippen MR) is 69.3 cm³/mol. The minimum Gasteiger partial charge on any atom is -0.461 e. The molecule has 0 radical (unpaired) electrons. The van der Waals surface area contributed by atoms with Gasteiger partial charge in [-0.1, -0.05) is 0 Å². The Bertz CT molecular complexity index is 633. The van der Waals surface area contributed by atoms with E-state index in [9.17, 15) is 14.9 Å². The number of ether oxygens (including phenoxy) is 1. The average molecular weight is 262 g/mol. The zero-order chi connectivity index (χ0) is 14.0. The smallest absolute Gasteiger partial charge is 0.386 e. The summed E-state index contributed by atoms with van der Waals surface area (Å²) in [5.41, 5.74) is 1.29. The highest BCUT2D eigenvalue weighted by Gasteiger charge is 2.33. The molecule has 19 heavy (non-hydrogen) atoms. The van der Waals surface area contributed by atoms with Crippen molar-refractivity contribution in [2.75, 3.05) is 6.61 Å². The third-order valence-corrected chi connectivity index (χ3v) is 2.95. The number of carbonyl (C=O) groups is 1. The fourth-order valence-electron chi connectivity index (χ4n) is 2.04. The summed E-state index contributed by atoms with van der Waals surface area (Å²) in [5, 5.41) is 11.9. The molecule has 0 bridgehead atoms. The number of nitrogens with zero attached hydrogens (tertiary/aromatic N) is 2. The van der Waals surface area contributed by atoms with E-state index >= 15 is 0 Å². The van der Waals surface area contributed by atoms with Crippen molar-refractivity contribution in [3.63, 3.8) is 0 Å². The second-order valence-corrected chi connectivity index (χ2v) is 4.18. The van der Waals surface area contributed by atoms with Gasteiger partial charge in [0.05, 0.1) is 6.61 Å². The number of esters is 1. The number of benzene rings is 1. The largest absolute Gasteiger partial charge is 0.461 e. The van der Waals surface area contributed by atoms with Gasteiger partial charge in [-0.3, -0.25) is 10.1 Å². The number of hydrogen-bond donors (Lipinski definition) is 0. The highest BCUT2D eigenvalue weighted by atomic mass is 16.6. The molecule has 0 amide bonds. The lowest BCUT2D eigenvalue weighted by molar-refractivity contribution is -0.516. The number of aryl methyl sites for hydroxylation is 1. The number of rotatable bonds is 4. The van der Waals surface area contributed by atoms with Crippen molar-refractivity contribution in [3.05, 3.63) is 46.1 Å². The molecule has 2 rings (SSSR count). The molecule has 6 nitrogen and oxygen atoms in total. The van der Waals surface area contributed by atoms with Crippen LogP contribution in [0.15, 0.2) is 30.5 Å². The molecule has 100 valence electrons. The molecular formula is C13H14N2O4. The highest BCUT2D eigenvalue weighted by molar-refractivity contribution is 5.83. The van der Waals surface area contributed by atoms with Gasteiger partial charge in [-0.05, 0) is 31.2 Å². The molecular weight excluding hydrogens is 248 g/mol. The maximum Gasteiger partial charge on any atom is 0.386 e. The van der Waals surface area contributed by atoms with Crippen molar-refractivity contribution in [1.29, 1.82) is 0 Å². The molecule has 6 heteroatoms. The van der Waals surface area contributed by atoms with Crippen molar-refractivity contribution in [2.45, 2.75) is 13.0 Å². The zero-order valence-electron chi connectivity index (χ0n) is 10.7. The van der Waals surface area contributed by atoms with Crippen LogP contribution in [-0.4, -0.2) is 22.1 Å². The Kier molecular flexibility index (Phi) is 3.50. The van der Waals surface area contributed by atoms with E-state index in [0.29, 0.717) is 5.56 Å². The number of carbonyl (C=O) groups excluding carboxylic acids is 1. The van der Waals surface area contributed by atoms with Crippen molar-refractivity contribution >= 4 is 16.9 Å². The third kappa shape index (κ3) is 2.42. The van der Waals surface area contributed by atoms with E-state index in [1.807, 2.05) is 23.9 Å². The van der Waals surface area contributed by atoms with Crippen molar-refractivity contribution in [1.82, 2.24) is 4.57 Å². The molecule has 0 N–H and O–H groups in total. The predicted octanol–water partition coefficient (Wildman–Crippen LogP) is 2.06. The third-order valence-electron chi connectivity index (χ3n) is 2.95.